The highest BCUT2D eigenvalue weighted by Gasteiger charge is 2.14. The summed E-state index contributed by atoms with van der Waals surface area (Å²) in [5, 5.41) is 2.95. The Morgan fingerprint density at radius 3 is 2.22 bits per heavy atom. The first-order valence-corrected chi connectivity index (χ1v) is 9.65. The molecule has 0 spiro atoms. The fourth-order valence-electron chi connectivity index (χ4n) is 2.27. The van der Waals surface area contributed by atoms with Gasteiger partial charge < -0.3 is 5.32 Å². The van der Waals surface area contributed by atoms with E-state index in [2.05, 4.69) is 23.9 Å². The Morgan fingerprint density at radius 1 is 1.09 bits per heavy atom. The van der Waals surface area contributed by atoms with Crippen LogP contribution in [0, 0.1) is 5.92 Å². The van der Waals surface area contributed by atoms with Crippen LogP contribution in [0.3, 0.4) is 0 Å². The molecule has 0 aliphatic carbocycles. The summed E-state index contributed by atoms with van der Waals surface area (Å²) in [5.41, 5.74) is 0.469. The van der Waals surface area contributed by atoms with E-state index in [-0.39, 0.29) is 16.8 Å². The Hall–Kier alpha value is -1.40. The summed E-state index contributed by atoms with van der Waals surface area (Å²) >= 11 is 0. The third kappa shape index (κ3) is 6.71. The van der Waals surface area contributed by atoms with Crippen molar-refractivity contribution in [3.05, 3.63) is 29.8 Å². The SMILES string of the molecule is CCNS(=O)(=O)c1ccc(C(=O)NC(C)CCCC(C)C)cc1. The van der Waals surface area contributed by atoms with E-state index in [1.54, 1.807) is 19.1 Å². The van der Waals surface area contributed by atoms with Gasteiger partial charge in [0.05, 0.1) is 4.90 Å². The predicted molar refractivity (Wildman–Crippen MR) is 92.9 cm³/mol. The Kier molecular flexibility index (Phi) is 7.72. The average Bonchev–Trinajstić information content (AvgIpc) is 2.46. The smallest absolute Gasteiger partial charge is 0.251 e. The van der Waals surface area contributed by atoms with Gasteiger partial charge in [-0.3, -0.25) is 4.79 Å². The zero-order valence-electron chi connectivity index (χ0n) is 14.4. The minimum atomic E-state index is -3.48. The van der Waals surface area contributed by atoms with Crippen molar-refractivity contribution < 1.29 is 13.2 Å². The Bertz CT molecular complexity index is 595. The first-order chi connectivity index (χ1) is 10.8. The van der Waals surface area contributed by atoms with Crippen LogP contribution in [-0.2, 0) is 10.0 Å². The van der Waals surface area contributed by atoms with E-state index in [1.165, 1.54) is 12.1 Å². The normalized spacial score (nSPS) is 13.1. The van der Waals surface area contributed by atoms with Crippen molar-refractivity contribution in [1.82, 2.24) is 10.0 Å². The van der Waals surface area contributed by atoms with Gasteiger partial charge in [-0.15, -0.1) is 0 Å². The second kappa shape index (κ2) is 9.03. The number of carbonyl (C=O) groups is 1. The van der Waals surface area contributed by atoms with Gasteiger partial charge in [0.1, 0.15) is 0 Å². The van der Waals surface area contributed by atoms with Crippen molar-refractivity contribution >= 4 is 15.9 Å². The third-order valence-corrected chi connectivity index (χ3v) is 5.12. The molecule has 0 aromatic heterocycles. The second-order valence-electron chi connectivity index (χ2n) is 6.22. The minimum Gasteiger partial charge on any atom is -0.350 e. The molecule has 1 rings (SSSR count). The van der Waals surface area contributed by atoms with Crippen molar-refractivity contribution in [2.75, 3.05) is 6.54 Å². The molecule has 1 aromatic rings. The van der Waals surface area contributed by atoms with Gasteiger partial charge in [-0.05, 0) is 43.5 Å². The summed E-state index contributed by atoms with van der Waals surface area (Å²) in [6, 6.07) is 6.10. The van der Waals surface area contributed by atoms with Crippen LogP contribution in [0.2, 0.25) is 0 Å². The number of hydrogen-bond acceptors (Lipinski definition) is 3. The molecule has 0 bridgehead atoms. The molecular formula is C17H28N2O3S. The number of hydrogen-bond donors (Lipinski definition) is 2. The number of amides is 1. The summed E-state index contributed by atoms with van der Waals surface area (Å²) in [4.78, 5) is 12.3. The van der Waals surface area contributed by atoms with E-state index >= 15 is 0 Å². The molecular weight excluding hydrogens is 312 g/mol. The van der Waals surface area contributed by atoms with Crippen LogP contribution in [0.25, 0.3) is 0 Å². The number of sulfonamides is 1. The van der Waals surface area contributed by atoms with E-state index in [9.17, 15) is 13.2 Å². The van der Waals surface area contributed by atoms with Crippen molar-refractivity contribution in [2.45, 2.75) is 57.9 Å². The van der Waals surface area contributed by atoms with Gasteiger partial charge in [0.2, 0.25) is 10.0 Å². The first kappa shape index (κ1) is 19.6. The van der Waals surface area contributed by atoms with Gasteiger partial charge >= 0.3 is 0 Å². The topological polar surface area (TPSA) is 75.3 Å². The zero-order chi connectivity index (χ0) is 17.5. The molecule has 23 heavy (non-hydrogen) atoms. The van der Waals surface area contributed by atoms with Crippen molar-refractivity contribution in [3.63, 3.8) is 0 Å². The summed E-state index contributed by atoms with van der Waals surface area (Å²) < 4.78 is 26.1. The lowest BCUT2D eigenvalue weighted by Crippen LogP contribution is -2.32. The fraction of sp³-hybridized carbons (Fsp3) is 0.588. The van der Waals surface area contributed by atoms with E-state index in [4.69, 9.17) is 0 Å². The molecule has 1 amide bonds. The van der Waals surface area contributed by atoms with Crippen LogP contribution in [0.4, 0.5) is 0 Å². The number of rotatable bonds is 9. The standard InChI is InChI=1S/C17H28N2O3S/c1-5-18-23(21,22)16-11-9-15(10-12-16)17(20)19-14(4)8-6-7-13(2)3/h9-14,18H,5-8H2,1-4H3,(H,19,20). The summed E-state index contributed by atoms with van der Waals surface area (Å²) in [6.07, 6.45) is 3.17. The summed E-state index contributed by atoms with van der Waals surface area (Å²) in [7, 11) is -3.48. The minimum absolute atomic E-state index is 0.103. The van der Waals surface area contributed by atoms with Gasteiger partial charge in [-0.1, -0.05) is 33.6 Å². The summed E-state index contributed by atoms with van der Waals surface area (Å²) in [6.45, 7) is 8.42. The molecule has 0 fully saturated rings. The average molecular weight is 340 g/mol. The van der Waals surface area contributed by atoms with Crippen molar-refractivity contribution in [2.24, 2.45) is 5.92 Å². The molecule has 130 valence electrons. The Morgan fingerprint density at radius 2 is 1.70 bits per heavy atom. The molecule has 2 N–H and O–H groups in total. The van der Waals surface area contributed by atoms with E-state index in [0.29, 0.717) is 18.0 Å². The number of nitrogens with one attached hydrogen (secondary N) is 2. The van der Waals surface area contributed by atoms with Crippen LogP contribution in [0.1, 0.15) is 57.3 Å². The van der Waals surface area contributed by atoms with E-state index < -0.39 is 10.0 Å². The molecule has 1 unspecified atom stereocenters. The Balaban J connectivity index is 2.61. The molecule has 0 saturated heterocycles. The number of benzene rings is 1. The van der Waals surface area contributed by atoms with Crippen LogP contribution in [0.5, 0.6) is 0 Å². The first-order valence-electron chi connectivity index (χ1n) is 8.16. The lowest BCUT2D eigenvalue weighted by molar-refractivity contribution is 0.0937. The largest absolute Gasteiger partial charge is 0.350 e. The molecule has 6 heteroatoms. The van der Waals surface area contributed by atoms with Gasteiger partial charge in [0.15, 0.2) is 0 Å². The van der Waals surface area contributed by atoms with Gasteiger partial charge in [0.25, 0.3) is 5.91 Å². The fourth-order valence-corrected chi connectivity index (χ4v) is 3.31. The lowest BCUT2D eigenvalue weighted by atomic mass is 10.0. The maximum Gasteiger partial charge on any atom is 0.251 e. The van der Waals surface area contributed by atoms with Gasteiger partial charge in [-0.25, -0.2) is 13.1 Å². The monoisotopic (exact) mass is 340 g/mol. The molecule has 0 radical (unpaired) electrons. The molecule has 0 saturated carbocycles. The molecule has 0 aliphatic heterocycles. The maximum absolute atomic E-state index is 12.2. The third-order valence-electron chi connectivity index (χ3n) is 3.56. The molecule has 1 atom stereocenters. The zero-order valence-corrected chi connectivity index (χ0v) is 15.2. The lowest BCUT2D eigenvalue weighted by Gasteiger charge is -2.14. The quantitative estimate of drug-likeness (QED) is 0.726. The molecule has 0 heterocycles. The number of carbonyl (C=O) groups excluding carboxylic acids is 1. The van der Waals surface area contributed by atoms with Crippen LogP contribution >= 0.6 is 0 Å². The Labute approximate surface area is 139 Å². The van der Waals surface area contributed by atoms with Crippen LogP contribution in [0.15, 0.2) is 29.2 Å². The summed E-state index contributed by atoms with van der Waals surface area (Å²) in [5.74, 6) is 0.499. The highest BCUT2D eigenvalue weighted by molar-refractivity contribution is 7.89. The van der Waals surface area contributed by atoms with Crippen LogP contribution < -0.4 is 10.0 Å². The highest BCUT2D eigenvalue weighted by Crippen LogP contribution is 2.12. The van der Waals surface area contributed by atoms with E-state index in [1.807, 2.05) is 6.92 Å². The van der Waals surface area contributed by atoms with E-state index in [0.717, 1.165) is 19.3 Å². The predicted octanol–water partition coefficient (Wildman–Crippen LogP) is 2.93. The second-order valence-corrected chi connectivity index (χ2v) is 7.99. The van der Waals surface area contributed by atoms with Crippen molar-refractivity contribution in [3.8, 4) is 0 Å². The molecule has 1 aromatic carbocycles. The molecule has 5 nitrogen and oxygen atoms in total. The van der Waals surface area contributed by atoms with Gasteiger partial charge in [0, 0.05) is 18.2 Å². The maximum atomic E-state index is 12.2. The van der Waals surface area contributed by atoms with Crippen LogP contribution in [-0.4, -0.2) is 26.9 Å². The van der Waals surface area contributed by atoms with Gasteiger partial charge in [-0.2, -0.15) is 0 Å². The van der Waals surface area contributed by atoms with Crippen molar-refractivity contribution in [1.29, 1.82) is 0 Å². The molecule has 0 aliphatic rings. The highest BCUT2D eigenvalue weighted by atomic mass is 32.2.